The van der Waals surface area contributed by atoms with Crippen molar-refractivity contribution in [2.75, 3.05) is 0 Å². The first-order chi connectivity index (χ1) is 6.45. The summed E-state index contributed by atoms with van der Waals surface area (Å²) in [6, 6.07) is 2.30. The van der Waals surface area contributed by atoms with Gasteiger partial charge in [0.15, 0.2) is 17.6 Å². The number of amides is 1. The maximum Gasteiger partial charge on any atom is 0.250 e. The average molecular weight is 218 g/mol. The molecule has 1 unspecified atom stereocenters. The van der Waals surface area contributed by atoms with E-state index in [9.17, 15) is 15.0 Å². The number of primary amides is 1. The number of aliphatic hydroxyl groups is 1. The van der Waals surface area contributed by atoms with Crippen LogP contribution in [0.25, 0.3) is 0 Å². The third-order valence-corrected chi connectivity index (χ3v) is 2.09. The summed E-state index contributed by atoms with van der Waals surface area (Å²) in [5.41, 5.74) is 4.79. The van der Waals surface area contributed by atoms with Crippen LogP contribution in [0.1, 0.15) is 11.7 Å². The van der Waals surface area contributed by atoms with E-state index in [4.69, 9.17) is 22.4 Å². The summed E-state index contributed by atoms with van der Waals surface area (Å²) in [6.45, 7) is 0. The fraction of sp³-hybridized carbons (Fsp3) is 0.125. The Hall–Kier alpha value is -1.46. The summed E-state index contributed by atoms with van der Waals surface area (Å²) >= 11 is 5.56. The Balaban J connectivity index is 3.24. The smallest absolute Gasteiger partial charge is 0.250 e. The van der Waals surface area contributed by atoms with Crippen LogP contribution in [-0.4, -0.2) is 21.2 Å². The van der Waals surface area contributed by atoms with Gasteiger partial charge in [0.05, 0.1) is 5.02 Å². The predicted molar refractivity (Wildman–Crippen MR) is 48.9 cm³/mol. The number of carbonyl (C=O) groups excluding carboxylic acids is 1. The Morgan fingerprint density at radius 1 is 1.43 bits per heavy atom. The molecule has 76 valence electrons. The van der Waals surface area contributed by atoms with Crippen molar-refractivity contribution in [2.24, 2.45) is 5.73 Å². The minimum Gasteiger partial charge on any atom is -0.504 e. The van der Waals surface area contributed by atoms with Crippen molar-refractivity contribution in [3.8, 4) is 11.5 Å². The topological polar surface area (TPSA) is 104 Å². The highest BCUT2D eigenvalue weighted by Gasteiger charge is 2.20. The van der Waals surface area contributed by atoms with Gasteiger partial charge in [0.1, 0.15) is 0 Å². The largest absolute Gasteiger partial charge is 0.504 e. The Morgan fingerprint density at radius 2 is 2.00 bits per heavy atom. The fourth-order valence-corrected chi connectivity index (χ4v) is 1.20. The molecule has 1 amide bonds. The number of halogens is 1. The average Bonchev–Trinajstić information content (AvgIpc) is 2.13. The zero-order valence-electron chi connectivity index (χ0n) is 6.94. The van der Waals surface area contributed by atoms with E-state index in [1.165, 1.54) is 6.07 Å². The van der Waals surface area contributed by atoms with Crippen molar-refractivity contribution in [2.45, 2.75) is 6.10 Å². The molecule has 0 bridgehead atoms. The van der Waals surface area contributed by atoms with Crippen LogP contribution in [0.4, 0.5) is 0 Å². The van der Waals surface area contributed by atoms with Gasteiger partial charge in [-0.05, 0) is 6.07 Å². The second-order valence-electron chi connectivity index (χ2n) is 2.64. The van der Waals surface area contributed by atoms with Crippen molar-refractivity contribution in [3.05, 3.63) is 22.7 Å². The summed E-state index contributed by atoms with van der Waals surface area (Å²) in [7, 11) is 0. The van der Waals surface area contributed by atoms with Crippen LogP contribution in [0, 0.1) is 0 Å². The van der Waals surface area contributed by atoms with Crippen molar-refractivity contribution in [3.63, 3.8) is 0 Å². The molecule has 0 saturated carbocycles. The molecule has 0 aliphatic rings. The number of hydrogen-bond acceptors (Lipinski definition) is 4. The van der Waals surface area contributed by atoms with E-state index >= 15 is 0 Å². The number of phenolic OH excluding ortho intramolecular Hbond substituents is 2. The van der Waals surface area contributed by atoms with Crippen LogP contribution in [0.2, 0.25) is 5.02 Å². The molecule has 1 atom stereocenters. The number of rotatable bonds is 2. The Kier molecular flexibility index (Phi) is 2.83. The Labute approximate surface area is 84.3 Å². The third kappa shape index (κ3) is 1.73. The van der Waals surface area contributed by atoms with Crippen molar-refractivity contribution in [1.82, 2.24) is 0 Å². The van der Waals surface area contributed by atoms with Crippen LogP contribution in [-0.2, 0) is 4.79 Å². The van der Waals surface area contributed by atoms with Crippen LogP contribution >= 0.6 is 11.6 Å². The maximum absolute atomic E-state index is 10.6. The lowest BCUT2D eigenvalue weighted by Gasteiger charge is -2.10. The van der Waals surface area contributed by atoms with Gasteiger partial charge in [0.25, 0.3) is 5.91 Å². The number of aromatic hydroxyl groups is 2. The van der Waals surface area contributed by atoms with Gasteiger partial charge in [-0.25, -0.2) is 0 Å². The number of aliphatic hydroxyl groups excluding tert-OH is 1. The van der Waals surface area contributed by atoms with Crippen molar-refractivity contribution < 1.29 is 20.1 Å². The molecule has 0 saturated heterocycles. The number of nitrogens with two attached hydrogens (primary N) is 1. The SMILES string of the molecule is NC(=O)C(O)c1ccc(O)c(O)c1Cl. The van der Waals surface area contributed by atoms with Crippen molar-refractivity contribution in [1.29, 1.82) is 0 Å². The van der Waals surface area contributed by atoms with E-state index in [1.807, 2.05) is 0 Å². The van der Waals surface area contributed by atoms with E-state index < -0.39 is 23.5 Å². The minimum absolute atomic E-state index is 0.0468. The number of carbonyl (C=O) groups is 1. The summed E-state index contributed by atoms with van der Waals surface area (Å²) in [5, 5.41) is 27.1. The molecular formula is C8H8ClNO4. The second kappa shape index (κ2) is 3.73. The molecule has 0 radical (unpaired) electrons. The number of phenols is 2. The van der Waals surface area contributed by atoms with Crippen LogP contribution in [0.5, 0.6) is 11.5 Å². The molecule has 0 heterocycles. The van der Waals surface area contributed by atoms with E-state index in [2.05, 4.69) is 0 Å². The van der Waals surface area contributed by atoms with E-state index in [-0.39, 0.29) is 10.6 Å². The molecule has 5 nitrogen and oxygen atoms in total. The summed E-state index contributed by atoms with van der Waals surface area (Å²) in [6.07, 6.45) is -1.60. The quantitative estimate of drug-likeness (QED) is 0.534. The van der Waals surface area contributed by atoms with Gasteiger partial charge < -0.3 is 21.1 Å². The van der Waals surface area contributed by atoms with E-state index in [0.29, 0.717) is 0 Å². The van der Waals surface area contributed by atoms with Gasteiger partial charge in [-0.15, -0.1) is 0 Å². The fourth-order valence-electron chi connectivity index (χ4n) is 0.934. The van der Waals surface area contributed by atoms with Crippen LogP contribution in [0.15, 0.2) is 12.1 Å². The zero-order valence-corrected chi connectivity index (χ0v) is 7.69. The Bertz CT molecular complexity index is 380. The highest BCUT2D eigenvalue weighted by molar-refractivity contribution is 6.33. The maximum atomic E-state index is 10.6. The lowest BCUT2D eigenvalue weighted by Crippen LogP contribution is -2.21. The van der Waals surface area contributed by atoms with Gasteiger partial charge in [-0.1, -0.05) is 17.7 Å². The van der Waals surface area contributed by atoms with Gasteiger partial charge in [0.2, 0.25) is 0 Å². The van der Waals surface area contributed by atoms with Crippen LogP contribution < -0.4 is 5.73 Å². The molecule has 1 aromatic rings. The van der Waals surface area contributed by atoms with Gasteiger partial charge in [0, 0.05) is 5.56 Å². The molecule has 0 fully saturated rings. The first-order valence-electron chi connectivity index (χ1n) is 3.63. The second-order valence-corrected chi connectivity index (χ2v) is 3.02. The highest BCUT2D eigenvalue weighted by atomic mass is 35.5. The molecule has 0 aliphatic carbocycles. The van der Waals surface area contributed by atoms with Gasteiger partial charge in [-0.3, -0.25) is 4.79 Å². The number of hydrogen-bond donors (Lipinski definition) is 4. The molecule has 0 aliphatic heterocycles. The highest BCUT2D eigenvalue weighted by Crippen LogP contribution is 2.37. The minimum atomic E-state index is -1.60. The number of benzene rings is 1. The van der Waals surface area contributed by atoms with E-state index in [1.54, 1.807) is 0 Å². The van der Waals surface area contributed by atoms with Gasteiger partial charge in [-0.2, -0.15) is 0 Å². The Morgan fingerprint density at radius 3 is 2.50 bits per heavy atom. The molecule has 6 heteroatoms. The first-order valence-corrected chi connectivity index (χ1v) is 4.00. The van der Waals surface area contributed by atoms with Crippen molar-refractivity contribution >= 4 is 17.5 Å². The molecule has 1 rings (SSSR count). The third-order valence-electron chi connectivity index (χ3n) is 1.69. The summed E-state index contributed by atoms with van der Waals surface area (Å²) < 4.78 is 0. The molecular weight excluding hydrogens is 210 g/mol. The molecule has 0 spiro atoms. The molecule has 0 aromatic heterocycles. The predicted octanol–water partition coefficient (Wildman–Crippen LogP) is 0.270. The van der Waals surface area contributed by atoms with E-state index in [0.717, 1.165) is 6.07 Å². The normalized spacial score (nSPS) is 12.4. The summed E-state index contributed by atoms with van der Waals surface area (Å²) in [4.78, 5) is 10.6. The van der Waals surface area contributed by atoms with Gasteiger partial charge >= 0.3 is 0 Å². The lowest BCUT2D eigenvalue weighted by atomic mass is 10.1. The lowest BCUT2D eigenvalue weighted by molar-refractivity contribution is -0.126. The molecule has 1 aromatic carbocycles. The van der Waals surface area contributed by atoms with Crippen LogP contribution in [0.3, 0.4) is 0 Å². The standard InChI is InChI=1S/C8H8ClNO4/c9-5-3(6(12)8(10)14)1-2-4(11)7(5)13/h1-2,6,11-13H,(H2,10,14). The first kappa shape index (κ1) is 10.6. The molecule has 5 N–H and O–H groups in total. The monoisotopic (exact) mass is 217 g/mol. The molecule has 14 heavy (non-hydrogen) atoms. The zero-order chi connectivity index (χ0) is 10.9. The summed E-state index contributed by atoms with van der Waals surface area (Å²) in [5.74, 6) is -2.02.